The number of rotatable bonds is 6. The fraction of sp³-hybridized carbons (Fsp3) is 0.423. The van der Waals surface area contributed by atoms with E-state index in [-0.39, 0.29) is 29.6 Å². The molecule has 1 saturated heterocycles. The summed E-state index contributed by atoms with van der Waals surface area (Å²) in [6.07, 6.45) is 2.65. The van der Waals surface area contributed by atoms with Crippen molar-refractivity contribution in [2.24, 2.45) is 0 Å². The lowest BCUT2D eigenvalue weighted by atomic mass is 9.93. The summed E-state index contributed by atoms with van der Waals surface area (Å²) in [4.78, 5) is 34.6. The van der Waals surface area contributed by atoms with E-state index in [2.05, 4.69) is 25.9 Å². The second kappa shape index (κ2) is 10.9. The maximum Gasteiger partial charge on any atom is 0.258 e. The van der Waals surface area contributed by atoms with Crippen molar-refractivity contribution in [2.75, 3.05) is 31.5 Å². The number of aromatic nitrogens is 2. The summed E-state index contributed by atoms with van der Waals surface area (Å²) in [5.41, 5.74) is 2.00. The maximum absolute atomic E-state index is 14.8. The lowest BCUT2D eigenvalue weighted by Crippen LogP contribution is -2.42. The minimum absolute atomic E-state index is 0.110. The summed E-state index contributed by atoms with van der Waals surface area (Å²) in [5, 5.41) is 10.9. The molecule has 37 heavy (non-hydrogen) atoms. The molecule has 1 atom stereocenters. The van der Waals surface area contributed by atoms with Gasteiger partial charge in [-0.25, -0.2) is 9.37 Å². The molecule has 11 heteroatoms. The van der Waals surface area contributed by atoms with Crippen LogP contribution in [-0.4, -0.2) is 53.0 Å². The minimum Gasteiger partial charge on any atom is -0.374 e. The van der Waals surface area contributed by atoms with E-state index in [1.807, 2.05) is 13.0 Å². The number of fused-ring (bicyclic) bond motifs is 2. The number of anilines is 1. The van der Waals surface area contributed by atoms with Gasteiger partial charge in [0.25, 0.3) is 5.56 Å². The minimum atomic E-state index is -0.622. The van der Waals surface area contributed by atoms with Gasteiger partial charge in [0.2, 0.25) is 5.91 Å². The first-order chi connectivity index (χ1) is 17.8. The molecule has 1 amide bonds. The number of aromatic amines is 1. The third kappa shape index (κ3) is 5.60. The van der Waals surface area contributed by atoms with Gasteiger partial charge in [0.05, 0.1) is 35.7 Å². The second-order valence-corrected chi connectivity index (χ2v) is 10.4. The van der Waals surface area contributed by atoms with Crippen LogP contribution in [0.1, 0.15) is 42.8 Å². The Morgan fingerprint density at radius 3 is 2.78 bits per heavy atom. The highest BCUT2D eigenvalue weighted by atomic mass is 35.5. The molecule has 0 aliphatic carbocycles. The maximum atomic E-state index is 14.8. The summed E-state index contributed by atoms with van der Waals surface area (Å²) >= 11 is 12.6. The molecule has 4 N–H and O–H groups in total. The zero-order valence-electron chi connectivity index (χ0n) is 20.5. The van der Waals surface area contributed by atoms with Gasteiger partial charge in [0, 0.05) is 22.6 Å². The molecule has 8 nitrogen and oxygen atoms in total. The zero-order valence-corrected chi connectivity index (χ0v) is 22.0. The van der Waals surface area contributed by atoms with Crippen LogP contribution in [0.2, 0.25) is 10.0 Å². The van der Waals surface area contributed by atoms with Gasteiger partial charge in [0.1, 0.15) is 11.6 Å². The van der Waals surface area contributed by atoms with Crippen molar-refractivity contribution in [3.8, 4) is 0 Å². The highest BCUT2D eigenvalue weighted by molar-refractivity contribution is 6.35. The number of hydrogen-bond acceptors (Lipinski definition) is 6. The Hall–Kier alpha value is -2.72. The Morgan fingerprint density at radius 2 is 2.00 bits per heavy atom. The molecule has 0 bridgehead atoms. The number of amides is 1. The normalized spacial score (nSPS) is 18.2. The fourth-order valence-electron chi connectivity index (χ4n) is 5.21. The molecular weight excluding hydrogens is 518 g/mol. The van der Waals surface area contributed by atoms with Gasteiger partial charge in [-0.05, 0) is 74.7 Å². The van der Waals surface area contributed by atoms with Gasteiger partial charge >= 0.3 is 0 Å². The van der Waals surface area contributed by atoms with Crippen LogP contribution in [0.4, 0.5) is 10.1 Å². The SMILES string of the molecule is CC1c2c(Cl)cc(Cl)cc2CCN1C(=O)CNc1cc2nc(CNC3CCNCC3)[nH]c(=O)c2cc1F. The lowest BCUT2D eigenvalue weighted by Gasteiger charge is -2.36. The molecule has 1 fully saturated rings. The third-order valence-corrected chi connectivity index (χ3v) is 7.71. The van der Waals surface area contributed by atoms with Crippen molar-refractivity contribution >= 4 is 45.7 Å². The molecule has 5 rings (SSSR count). The van der Waals surface area contributed by atoms with Crippen LogP contribution in [0.25, 0.3) is 10.9 Å². The molecule has 2 aromatic carbocycles. The molecule has 2 aliphatic rings. The first kappa shape index (κ1) is 25.9. The third-order valence-electron chi connectivity index (χ3n) is 7.18. The molecule has 2 aliphatic heterocycles. The fourth-order valence-corrected chi connectivity index (χ4v) is 5.90. The molecule has 3 heterocycles. The Kier molecular flexibility index (Phi) is 7.67. The van der Waals surface area contributed by atoms with E-state index in [1.54, 1.807) is 11.0 Å². The number of carbonyl (C=O) groups excluding carboxylic acids is 1. The zero-order chi connectivity index (χ0) is 26.1. The molecule has 196 valence electrons. The number of nitrogens with zero attached hydrogens (tertiary/aromatic N) is 2. The highest BCUT2D eigenvalue weighted by Gasteiger charge is 2.29. The van der Waals surface area contributed by atoms with Crippen molar-refractivity contribution in [2.45, 2.75) is 44.8 Å². The Morgan fingerprint density at radius 1 is 1.22 bits per heavy atom. The van der Waals surface area contributed by atoms with Gasteiger partial charge in [-0.3, -0.25) is 9.59 Å². The van der Waals surface area contributed by atoms with Gasteiger partial charge < -0.3 is 25.8 Å². The average Bonchev–Trinajstić information content (AvgIpc) is 2.87. The molecule has 0 radical (unpaired) electrons. The van der Waals surface area contributed by atoms with Crippen LogP contribution in [-0.2, 0) is 17.8 Å². The predicted molar refractivity (Wildman–Crippen MR) is 144 cm³/mol. The van der Waals surface area contributed by atoms with Crippen molar-refractivity contribution in [1.82, 2.24) is 25.5 Å². The van der Waals surface area contributed by atoms with Gasteiger partial charge in [-0.15, -0.1) is 0 Å². The number of carbonyl (C=O) groups is 1. The van der Waals surface area contributed by atoms with Crippen molar-refractivity contribution in [3.63, 3.8) is 0 Å². The summed E-state index contributed by atoms with van der Waals surface area (Å²) in [5.74, 6) is -0.320. The Balaban J connectivity index is 1.29. The van der Waals surface area contributed by atoms with E-state index in [0.717, 1.165) is 43.1 Å². The molecule has 0 saturated carbocycles. The molecule has 1 unspecified atom stereocenters. The predicted octanol–water partition coefficient (Wildman–Crippen LogP) is 3.77. The van der Waals surface area contributed by atoms with E-state index in [1.165, 1.54) is 6.07 Å². The highest BCUT2D eigenvalue weighted by Crippen LogP contribution is 2.37. The first-order valence-corrected chi connectivity index (χ1v) is 13.2. The van der Waals surface area contributed by atoms with Crippen LogP contribution in [0.15, 0.2) is 29.1 Å². The number of hydrogen-bond donors (Lipinski definition) is 4. The molecule has 0 spiro atoms. The van der Waals surface area contributed by atoms with Crippen LogP contribution in [0.3, 0.4) is 0 Å². The number of piperidine rings is 1. The van der Waals surface area contributed by atoms with Crippen molar-refractivity contribution in [1.29, 1.82) is 0 Å². The average molecular weight is 547 g/mol. The summed E-state index contributed by atoms with van der Waals surface area (Å²) < 4.78 is 14.8. The Bertz CT molecular complexity index is 1390. The van der Waals surface area contributed by atoms with Crippen LogP contribution >= 0.6 is 23.2 Å². The molecular formula is C26H29Cl2FN6O2. The van der Waals surface area contributed by atoms with E-state index < -0.39 is 11.4 Å². The summed E-state index contributed by atoms with van der Waals surface area (Å²) in [6.45, 7) is 4.64. The van der Waals surface area contributed by atoms with E-state index in [9.17, 15) is 14.0 Å². The monoisotopic (exact) mass is 546 g/mol. The number of H-pyrrole nitrogens is 1. The summed E-state index contributed by atoms with van der Waals surface area (Å²) in [7, 11) is 0. The standard InChI is InChI=1S/C26H29Cl2FN6O2/c1-14-25-15(8-16(27)9-19(25)28)4-7-35(14)24(36)13-32-22-11-21-18(10-20(22)29)26(37)34-23(33-21)12-31-17-2-5-30-6-3-17/h8-11,14,17,30-32H,2-7,12-13H2,1H3,(H,33,34,37). The number of halogens is 3. The van der Waals surface area contributed by atoms with Crippen molar-refractivity contribution < 1.29 is 9.18 Å². The van der Waals surface area contributed by atoms with E-state index >= 15 is 0 Å². The topological polar surface area (TPSA) is 102 Å². The largest absolute Gasteiger partial charge is 0.374 e. The van der Waals surface area contributed by atoms with Crippen LogP contribution in [0.5, 0.6) is 0 Å². The number of benzene rings is 2. The van der Waals surface area contributed by atoms with Gasteiger partial charge in [-0.2, -0.15) is 0 Å². The second-order valence-electron chi connectivity index (χ2n) is 9.59. The number of nitrogens with one attached hydrogen (secondary N) is 4. The lowest BCUT2D eigenvalue weighted by molar-refractivity contribution is -0.131. The van der Waals surface area contributed by atoms with Gasteiger partial charge in [0.15, 0.2) is 0 Å². The van der Waals surface area contributed by atoms with Gasteiger partial charge in [-0.1, -0.05) is 23.2 Å². The first-order valence-electron chi connectivity index (χ1n) is 12.5. The van der Waals surface area contributed by atoms with E-state index in [0.29, 0.717) is 46.9 Å². The van der Waals surface area contributed by atoms with E-state index in [4.69, 9.17) is 23.2 Å². The van der Waals surface area contributed by atoms with Crippen molar-refractivity contribution in [3.05, 3.63) is 67.4 Å². The molecule has 3 aromatic rings. The van der Waals surface area contributed by atoms with Crippen LogP contribution < -0.4 is 21.5 Å². The smallest absolute Gasteiger partial charge is 0.258 e. The van der Waals surface area contributed by atoms with Crippen LogP contribution in [0, 0.1) is 5.82 Å². The Labute approximate surface area is 223 Å². The summed E-state index contributed by atoms with van der Waals surface area (Å²) in [6, 6.07) is 6.32. The quantitative estimate of drug-likeness (QED) is 0.375. The molecule has 1 aromatic heterocycles.